The summed E-state index contributed by atoms with van der Waals surface area (Å²) >= 11 is 0. The molecule has 1 aromatic rings. The molecule has 3 amide bonds. The lowest BCUT2D eigenvalue weighted by molar-refractivity contribution is -0.109. The maximum absolute atomic E-state index is 11.5. The van der Waals surface area contributed by atoms with Crippen molar-refractivity contribution in [3.8, 4) is 5.75 Å². The Hall–Kier alpha value is -2.24. The molecule has 0 saturated carbocycles. The predicted octanol–water partition coefficient (Wildman–Crippen LogP) is 0.673. The van der Waals surface area contributed by atoms with Crippen LogP contribution in [-0.4, -0.2) is 39.2 Å². The summed E-state index contributed by atoms with van der Waals surface area (Å²) in [6, 6.07) is 7.53. The van der Waals surface area contributed by atoms with Crippen LogP contribution in [0.4, 0.5) is 4.79 Å². The zero-order valence-corrected chi connectivity index (χ0v) is 11.6. The summed E-state index contributed by atoms with van der Waals surface area (Å²) < 4.78 is 5.24. The maximum Gasteiger partial charge on any atom is 0.314 e. The molecule has 0 unspecified atom stereocenters. The van der Waals surface area contributed by atoms with Crippen LogP contribution in [0.25, 0.3) is 0 Å². The third kappa shape index (κ3) is 6.08. The number of rotatable bonds is 9. The van der Waals surface area contributed by atoms with Crippen LogP contribution in [0.1, 0.15) is 12.0 Å². The van der Waals surface area contributed by atoms with E-state index in [9.17, 15) is 9.59 Å². The summed E-state index contributed by atoms with van der Waals surface area (Å²) in [6.07, 6.45) is 2.07. The summed E-state index contributed by atoms with van der Waals surface area (Å²) in [5.74, 6) is 0.828. The maximum atomic E-state index is 11.5. The van der Waals surface area contributed by atoms with Crippen LogP contribution in [-0.2, 0) is 11.2 Å². The molecule has 0 spiro atoms. The van der Waals surface area contributed by atoms with Gasteiger partial charge in [0.25, 0.3) is 0 Å². The van der Waals surface area contributed by atoms with Crippen LogP contribution in [0.2, 0.25) is 0 Å². The minimum atomic E-state index is -0.203. The number of benzene rings is 1. The minimum absolute atomic E-state index is 0.203. The Labute approximate surface area is 118 Å². The van der Waals surface area contributed by atoms with Crippen molar-refractivity contribution in [3.05, 3.63) is 29.8 Å². The first-order valence-corrected chi connectivity index (χ1v) is 6.58. The van der Waals surface area contributed by atoms with Crippen molar-refractivity contribution in [2.75, 3.05) is 26.7 Å². The van der Waals surface area contributed by atoms with Crippen LogP contribution in [0.15, 0.2) is 24.3 Å². The number of hydrogen-bond acceptors (Lipinski definition) is 3. The van der Waals surface area contributed by atoms with Crippen LogP contribution in [0.5, 0.6) is 5.75 Å². The molecule has 0 fully saturated rings. The monoisotopic (exact) mass is 279 g/mol. The highest BCUT2D eigenvalue weighted by Gasteiger charge is 2.03. The molecule has 0 aliphatic carbocycles. The molecule has 20 heavy (non-hydrogen) atoms. The lowest BCUT2D eigenvalue weighted by Crippen LogP contribution is -2.37. The van der Waals surface area contributed by atoms with Crippen molar-refractivity contribution >= 4 is 12.4 Å². The van der Waals surface area contributed by atoms with E-state index in [0.717, 1.165) is 11.3 Å². The van der Waals surface area contributed by atoms with Crippen LogP contribution < -0.4 is 20.7 Å². The molecule has 110 valence electrons. The zero-order valence-electron chi connectivity index (χ0n) is 11.6. The third-order valence-corrected chi connectivity index (χ3v) is 2.74. The number of methoxy groups -OCH3 is 1. The minimum Gasteiger partial charge on any atom is -0.496 e. The molecule has 6 nitrogen and oxygen atoms in total. The molecule has 3 N–H and O–H groups in total. The average Bonchev–Trinajstić information content (AvgIpc) is 2.47. The fraction of sp³-hybridized carbons (Fsp3) is 0.429. The molecule has 0 radical (unpaired) electrons. The highest BCUT2D eigenvalue weighted by molar-refractivity contribution is 5.73. The lowest BCUT2D eigenvalue weighted by Gasteiger charge is -2.10. The molecule has 0 heterocycles. The summed E-state index contributed by atoms with van der Waals surface area (Å²) in [6.45, 7) is 1.63. The quantitative estimate of drug-likeness (QED) is 0.459. The lowest BCUT2D eigenvalue weighted by atomic mass is 10.1. The van der Waals surface area contributed by atoms with E-state index in [4.69, 9.17) is 4.74 Å². The van der Waals surface area contributed by atoms with Gasteiger partial charge in [0.05, 0.1) is 7.11 Å². The fourth-order valence-corrected chi connectivity index (χ4v) is 1.73. The van der Waals surface area contributed by atoms with Crippen LogP contribution in [0.3, 0.4) is 0 Å². The van der Waals surface area contributed by atoms with Gasteiger partial charge in [-0.3, -0.25) is 4.79 Å². The van der Waals surface area contributed by atoms with Gasteiger partial charge in [0.2, 0.25) is 6.41 Å². The van der Waals surface area contributed by atoms with Gasteiger partial charge >= 0.3 is 6.03 Å². The number of urea groups is 1. The Morgan fingerprint density at radius 1 is 1.20 bits per heavy atom. The molecule has 1 rings (SSSR count). The van der Waals surface area contributed by atoms with Crippen LogP contribution in [0, 0.1) is 0 Å². The topological polar surface area (TPSA) is 79.5 Å². The first-order valence-electron chi connectivity index (χ1n) is 6.58. The molecule has 0 bridgehead atoms. The van der Waals surface area contributed by atoms with E-state index in [2.05, 4.69) is 16.0 Å². The fourth-order valence-electron chi connectivity index (χ4n) is 1.73. The van der Waals surface area contributed by atoms with Gasteiger partial charge < -0.3 is 20.7 Å². The van der Waals surface area contributed by atoms with E-state index in [1.165, 1.54) is 0 Å². The van der Waals surface area contributed by atoms with Gasteiger partial charge in [-0.1, -0.05) is 18.2 Å². The first-order chi connectivity index (χ1) is 9.77. The first kappa shape index (κ1) is 15.8. The second-order valence-electron chi connectivity index (χ2n) is 4.17. The Bertz CT molecular complexity index is 424. The number of hydrogen-bond donors (Lipinski definition) is 3. The van der Waals surface area contributed by atoms with E-state index < -0.39 is 0 Å². The number of ether oxygens (including phenoxy) is 1. The van der Waals surface area contributed by atoms with Gasteiger partial charge in [-0.05, 0) is 24.5 Å². The SMILES string of the molecule is COc1ccccc1CCNC(=O)NCCCNC=O. The second-order valence-corrected chi connectivity index (χ2v) is 4.17. The van der Waals surface area contributed by atoms with Gasteiger partial charge in [-0.15, -0.1) is 0 Å². The van der Waals surface area contributed by atoms with E-state index >= 15 is 0 Å². The second kappa shape index (κ2) is 9.66. The number of carbonyl (C=O) groups is 2. The Morgan fingerprint density at radius 2 is 1.95 bits per heavy atom. The van der Waals surface area contributed by atoms with E-state index in [1.54, 1.807) is 7.11 Å². The van der Waals surface area contributed by atoms with E-state index in [0.29, 0.717) is 38.9 Å². The zero-order chi connectivity index (χ0) is 14.6. The van der Waals surface area contributed by atoms with Gasteiger partial charge in [-0.2, -0.15) is 0 Å². The summed E-state index contributed by atoms with van der Waals surface area (Å²) in [5, 5.41) is 8.03. The molecular weight excluding hydrogens is 258 g/mol. The van der Waals surface area contributed by atoms with Gasteiger partial charge in [-0.25, -0.2) is 4.79 Å². The van der Waals surface area contributed by atoms with E-state index in [1.807, 2.05) is 24.3 Å². The van der Waals surface area contributed by atoms with Crippen molar-refractivity contribution in [2.45, 2.75) is 12.8 Å². The molecule has 0 aliphatic heterocycles. The molecule has 6 heteroatoms. The number of amides is 3. The van der Waals surface area contributed by atoms with Crippen LogP contribution >= 0.6 is 0 Å². The van der Waals surface area contributed by atoms with Gasteiger partial charge in [0.15, 0.2) is 0 Å². The average molecular weight is 279 g/mol. The highest BCUT2D eigenvalue weighted by Crippen LogP contribution is 2.16. The Morgan fingerprint density at radius 3 is 2.70 bits per heavy atom. The molecular formula is C14H21N3O3. The van der Waals surface area contributed by atoms with Crippen molar-refractivity contribution in [1.82, 2.24) is 16.0 Å². The largest absolute Gasteiger partial charge is 0.496 e. The van der Waals surface area contributed by atoms with Gasteiger partial charge in [0.1, 0.15) is 5.75 Å². The third-order valence-electron chi connectivity index (χ3n) is 2.74. The number of nitrogens with one attached hydrogen (secondary N) is 3. The number of para-hydroxylation sites is 1. The summed E-state index contributed by atoms with van der Waals surface area (Å²) in [4.78, 5) is 21.5. The molecule has 0 saturated heterocycles. The highest BCUT2D eigenvalue weighted by atomic mass is 16.5. The molecule has 0 atom stereocenters. The van der Waals surface area contributed by atoms with Crippen molar-refractivity contribution in [1.29, 1.82) is 0 Å². The van der Waals surface area contributed by atoms with Crippen molar-refractivity contribution < 1.29 is 14.3 Å². The normalized spacial score (nSPS) is 9.65. The summed E-state index contributed by atoms with van der Waals surface area (Å²) in [5.41, 5.74) is 1.06. The Balaban J connectivity index is 2.16. The molecule has 1 aromatic carbocycles. The molecule has 0 aromatic heterocycles. The summed E-state index contributed by atoms with van der Waals surface area (Å²) in [7, 11) is 1.63. The van der Waals surface area contributed by atoms with E-state index in [-0.39, 0.29) is 6.03 Å². The molecule has 0 aliphatic rings. The number of carbonyl (C=O) groups excluding carboxylic acids is 2. The predicted molar refractivity (Wildman–Crippen MR) is 76.8 cm³/mol. The Kier molecular flexibility index (Phi) is 7.64. The van der Waals surface area contributed by atoms with Gasteiger partial charge in [0, 0.05) is 19.6 Å². The van der Waals surface area contributed by atoms with Crippen molar-refractivity contribution in [3.63, 3.8) is 0 Å². The van der Waals surface area contributed by atoms with Crippen molar-refractivity contribution in [2.24, 2.45) is 0 Å². The standard InChI is InChI=1S/C14H21N3O3/c1-20-13-6-3-2-5-12(13)7-10-17-14(19)16-9-4-8-15-11-18/h2-3,5-6,11H,4,7-10H2,1H3,(H,15,18)(H2,16,17,19). The smallest absolute Gasteiger partial charge is 0.314 e.